The fourth-order valence-corrected chi connectivity index (χ4v) is 4.88. The molecule has 0 radical (unpaired) electrons. The van der Waals surface area contributed by atoms with Gasteiger partial charge >= 0.3 is 12.4 Å². The van der Waals surface area contributed by atoms with Gasteiger partial charge in [-0.3, -0.25) is 4.79 Å². The lowest BCUT2D eigenvalue weighted by Crippen LogP contribution is -2.34. The molecule has 14 heteroatoms. The number of rotatable bonds is 8. The number of alkyl halides is 6. The highest BCUT2D eigenvalue weighted by Crippen LogP contribution is 2.42. The third-order valence-electron chi connectivity index (χ3n) is 4.53. The van der Waals surface area contributed by atoms with E-state index in [0.29, 0.717) is 17.8 Å². The second-order valence-electron chi connectivity index (χ2n) is 7.53. The molecule has 0 spiro atoms. The molecule has 0 aromatic heterocycles. The zero-order valence-corrected chi connectivity index (χ0v) is 22.7. The summed E-state index contributed by atoms with van der Waals surface area (Å²) in [5.74, 6) is -5.36. The van der Waals surface area contributed by atoms with Crippen molar-refractivity contribution in [1.82, 2.24) is 5.32 Å². The molecule has 1 amide bonds. The maximum Gasteiger partial charge on any atom is 0.399 e. The van der Waals surface area contributed by atoms with Gasteiger partial charge in [-0.25, -0.2) is 4.39 Å². The lowest BCUT2D eigenvalue weighted by molar-refractivity contribution is -0.139. The fraction of sp³-hybridized carbons (Fsp3) is 0.318. The minimum absolute atomic E-state index is 0.00409. The van der Waals surface area contributed by atoms with Crippen molar-refractivity contribution >= 4 is 74.2 Å². The molecule has 2 nitrogen and oxygen atoms in total. The van der Waals surface area contributed by atoms with Crippen LogP contribution in [0.1, 0.15) is 34.3 Å². The van der Waals surface area contributed by atoms with Crippen molar-refractivity contribution in [3.63, 3.8) is 0 Å². The van der Waals surface area contributed by atoms with E-state index in [4.69, 9.17) is 34.8 Å². The Hall–Kier alpha value is -1.14. The van der Waals surface area contributed by atoms with Crippen LogP contribution in [0, 0.1) is 0 Å². The summed E-state index contributed by atoms with van der Waals surface area (Å²) < 4.78 is 92.9. The highest BCUT2D eigenvalue weighted by molar-refractivity contribution is 9.10. The Kier molecular flexibility index (Phi) is 10.9. The molecule has 36 heavy (non-hydrogen) atoms. The average Bonchev–Trinajstić information content (AvgIpc) is 2.73. The first-order chi connectivity index (χ1) is 16.5. The van der Waals surface area contributed by atoms with E-state index in [1.807, 2.05) is 0 Å². The van der Waals surface area contributed by atoms with Crippen LogP contribution >= 0.6 is 62.5 Å². The van der Waals surface area contributed by atoms with Crippen LogP contribution < -0.4 is 5.32 Å². The summed E-state index contributed by atoms with van der Waals surface area (Å²) in [6.45, 7) is 1.51. The van der Waals surface area contributed by atoms with E-state index in [-0.39, 0.29) is 36.4 Å². The van der Waals surface area contributed by atoms with Crippen LogP contribution in [0.15, 0.2) is 40.9 Å². The van der Waals surface area contributed by atoms with Gasteiger partial charge < -0.3 is 5.32 Å². The molecule has 0 saturated heterocycles. The lowest BCUT2D eigenvalue weighted by atomic mass is 9.96. The van der Waals surface area contributed by atoms with Gasteiger partial charge in [0.15, 0.2) is 0 Å². The molecular weight excluding hydrogens is 646 g/mol. The van der Waals surface area contributed by atoms with E-state index in [2.05, 4.69) is 21.2 Å². The van der Waals surface area contributed by atoms with Gasteiger partial charge in [0.05, 0.1) is 26.4 Å². The molecular formula is C22H16BrCl3F7NOS. The minimum atomic E-state index is -4.89. The first kappa shape index (κ1) is 31.1. The van der Waals surface area contributed by atoms with Gasteiger partial charge in [0, 0.05) is 21.8 Å². The third kappa shape index (κ3) is 9.01. The fourth-order valence-electron chi connectivity index (χ4n) is 2.92. The van der Waals surface area contributed by atoms with Crippen molar-refractivity contribution in [1.29, 1.82) is 0 Å². The molecule has 2 rings (SSSR count). The Morgan fingerprint density at radius 1 is 1.08 bits per heavy atom. The number of allylic oxidation sites excluding steroid dienone is 1. The number of carbonyl (C=O) groups excluding carboxylic acids is 1. The maximum absolute atomic E-state index is 14.9. The summed E-state index contributed by atoms with van der Waals surface area (Å²) >= 11 is 21.1. The van der Waals surface area contributed by atoms with Crippen LogP contribution in [-0.4, -0.2) is 35.8 Å². The van der Waals surface area contributed by atoms with Gasteiger partial charge in [-0.05, 0) is 58.8 Å². The van der Waals surface area contributed by atoms with E-state index in [9.17, 15) is 35.5 Å². The number of thioether (sulfide) groups is 1. The highest BCUT2D eigenvalue weighted by Gasteiger charge is 2.40. The second kappa shape index (κ2) is 12.6. The van der Waals surface area contributed by atoms with Crippen LogP contribution in [-0.2, 0) is 0 Å². The minimum Gasteiger partial charge on any atom is -0.349 e. The predicted molar refractivity (Wildman–Crippen MR) is 134 cm³/mol. The normalized spacial score (nSPS) is 14.5. The second-order valence-corrected chi connectivity index (χ2v) is 10.6. The maximum atomic E-state index is 14.9. The monoisotopic (exact) mass is 659 g/mol. The number of amides is 1. The Morgan fingerprint density at radius 3 is 2.17 bits per heavy atom. The first-order valence-electron chi connectivity index (χ1n) is 9.83. The summed E-state index contributed by atoms with van der Waals surface area (Å²) in [5.41, 5.74) is -0.667. The van der Waals surface area contributed by atoms with Crippen molar-refractivity contribution < 1.29 is 35.5 Å². The summed E-state index contributed by atoms with van der Waals surface area (Å²) in [7, 11) is 0. The molecule has 198 valence electrons. The average molecular weight is 662 g/mol. The molecule has 0 heterocycles. The number of carbonyl (C=O) groups is 1. The van der Waals surface area contributed by atoms with Crippen molar-refractivity contribution in [2.75, 3.05) is 11.5 Å². The molecule has 2 aromatic carbocycles. The van der Waals surface area contributed by atoms with E-state index in [1.165, 1.54) is 13.0 Å². The quantitative estimate of drug-likeness (QED) is 0.226. The molecule has 1 N–H and O–H groups in total. The zero-order valence-electron chi connectivity index (χ0n) is 18.0. The SMILES string of the molecule is C[C@H](CSCC(F)(F)F)NC(=O)c1ccc(/C(F)=C/C(c2cc(Cl)c(Cl)c(Cl)c2)C(F)(F)F)cc1Br. The summed E-state index contributed by atoms with van der Waals surface area (Å²) in [5, 5.41) is 1.91. The molecule has 1 unspecified atom stereocenters. The van der Waals surface area contributed by atoms with E-state index < -0.39 is 47.4 Å². The van der Waals surface area contributed by atoms with Crippen LogP contribution in [0.5, 0.6) is 0 Å². The third-order valence-corrected chi connectivity index (χ3v) is 7.65. The molecule has 0 saturated carbocycles. The van der Waals surface area contributed by atoms with Crippen LogP contribution in [0.4, 0.5) is 30.7 Å². The largest absolute Gasteiger partial charge is 0.399 e. The van der Waals surface area contributed by atoms with Crippen molar-refractivity contribution in [3.8, 4) is 0 Å². The van der Waals surface area contributed by atoms with E-state index in [1.54, 1.807) is 0 Å². The molecule has 0 aliphatic rings. The van der Waals surface area contributed by atoms with Crippen LogP contribution in [0.2, 0.25) is 15.1 Å². The summed E-state index contributed by atoms with van der Waals surface area (Å²) in [4.78, 5) is 12.4. The highest BCUT2D eigenvalue weighted by atomic mass is 79.9. The van der Waals surface area contributed by atoms with Gasteiger partial charge in [0.2, 0.25) is 0 Å². The number of hydrogen-bond acceptors (Lipinski definition) is 2. The first-order valence-corrected chi connectivity index (χ1v) is 12.9. The number of benzene rings is 2. The summed E-state index contributed by atoms with van der Waals surface area (Å²) in [6.07, 6.45) is -8.88. The van der Waals surface area contributed by atoms with Crippen molar-refractivity contribution in [3.05, 3.63) is 72.6 Å². The molecule has 0 aliphatic heterocycles. The number of halogens is 11. The van der Waals surface area contributed by atoms with E-state index >= 15 is 0 Å². The smallest absolute Gasteiger partial charge is 0.349 e. The molecule has 2 aromatic rings. The Labute approximate surface area is 229 Å². The Morgan fingerprint density at radius 2 is 1.67 bits per heavy atom. The number of hydrogen-bond donors (Lipinski definition) is 1. The van der Waals surface area contributed by atoms with Gasteiger partial charge in [0.25, 0.3) is 5.91 Å². The van der Waals surface area contributed by atoms with Gasteiger partial charge in [-0.15, -0.1) is 0 Å². The Bertz CT molecular complexity index is 1120. The topological polar surface area (TPSA) is 29.1 Å². The molecule has 0 bridgehead atoms. The molecule has 0 fully saturated rings. The lowest BCUT2D eigenvalue weighted by Gasteiger charge is -2.19. The standard InChI is InChI=1S/C22H16BrCl3F7NOS/c1-10(8-36-9-21(28,29)30)34-20(35)13-3-2-11(4-15(13)23)18(27)7-14(22(31,32)33)12-5-16(24)19(26)17(25)6-12/h2-7,10,14H,8-9H2,1H3,(H,34,35)/b18-7-/t10-,14?/m1/s1. The van der Waals surface area contributed by atoms with Gasteiger partial charge in [-0.1, -0.05) is 40.9 Å². The van der Waals surface area contributed by atoms with E-state index in [0.717, 1.165) is 24.3 Å². The Balaban J connectivity index is 2.24. The van der Waals surface area contributed by atoms with Gasteiger partial charge in [-0.2, -0.15) is 38.1 Å². The van der Waals surface area contributed by atoms with Gasteiger partial charge in [0.1, 0.15) is 11.7 Å². The van der Waals surface area contributed by atoms with Crippen molar-refractivity contribution in [2.24, 2.45) is 0 Å². The predicted octanol–water partition coefficient (Wildman–Crippen LogP) is 9.48. The van der Waals surface area contributed by atoms with Crippen molar-refractivity contribution in [2.45, 2.75) is 31.2 Å². The van der Waals surface area contributed by atoms with Crippen LogP contribution in [0.3, 0.4) is 0 Å². The number of nitrogens with one attached hydrogen (secondary N) is 1. The molecule has 2 atom stereocenters. The molecule has 0 aliphatic carbocycles. The van der Waals surface area contributed by atoms with Crippen LogP contribution in [0.25, 0.3) is 5.83 Å². The zero-order chi connectivity index (χ0) is 27.4. The summed E-state index contributed by atoms with van der Waals surface area (Å²) in [6, 6.07) is 4.66.